The molecule has 100 valence electrons. The predicted molar refractivity (Wildman–Crippen MR) is 76.8 cm³/mol. The summed E-state index contributed by atoms with van der Waals surface area (Å²) in [5, 5.41) is 13.0. The standard InChI is InChI=1S/C12H14BrN5S/c13-9-5-6-10(14-7-9)8-19-12-15-16-17-18(12)11-3-1-2-4-11/h5-7,11H,1-4,8H2. The first-order chi connectivity index (χ1) is 9.33. The first kappa shape index (κ1) is 13.1. The molecule has 0 aliphatic heterocycles. The van der Waals surface area contributed by atoms with Crippen LogP contribution in [0, 0.1) is 0 Å². The number of nitrogens with zero attached hydrogens (tertiary/aromatic N) is 5. The molecular formula is C12H14BrN5S. The first-order valence-electron chi connectivity index (χ1n) is 6.34. The van der Waals surface area contributed by atoms with Gasteiger partial charge in [0, 0.05) is 16.4 Å². The molecule has 2 aromatic heterocycles. The van der Waals surface area contributed by atoms with Crippen LogP contribution in [0.4, 0.5) is 0 Å². The number of hydrogen-bond donors (Lipinski definition) is 0. The number of pyridine rings is 1. The van der Waals surface area contributed by atoms with Crippen LogP contribution in [0.3, 0.4) is 0 Å². The third-order valence-electron chi connectivity index (χ3n) is 3.27. The Balaban J connectivity index is 1.66. The molecule has 3 rings (SSSR count). The van der Waals surface area contributed by atoms with E-state index in [-0.39, 0.29) is 0 Å². The van der Waals surface area contributed by atoms with Crippen LogP contribution in [0.25, 0.3) is 0 Å². The van der Waals surface area contributed by atoms with Crippen molar-refractivity contribution in [1.82, 2.24) is 25.2 Å². The highest BCUT2D eigenvalue weighted by Crippen LogP contribution is 2.32. The summed E-state index contributed by atoms with van der Waals surface area (Å²) >= 11 is 5.03. The second-order valence-corrected chi connectivity index (χ2v) is 6.46. The van der Waals surface area contributed by atoms with Gasteiger partial charge in [0.15, 0.2) is 0 Å². The van der Waals surface area contributed by atoms with Crippen molar-refractivity contribution < 1.29 is 0 Å². The van der Waals surface area contributed by atoms with Crippen LogP contribution in [0.2, 0.25) is 0 Å². The maximum absolute atomic E-state index is 4.36. The van der Waals surface area contributed by atoms with Crippen molar-refractivity contribution in [3.8, 4) is 0 Å². The zero-order chi connectivity index (χ0) is 13.1. The van der Waals surface area contributed by atoms with E-state index in [1.807, 2.05) is 23.0 Å². The van der Waals surface area contributed by atoms with Gasteiger partial charge in [0.2, 0.25) is 5.16 Å². The molecule has 0 spiro atoms. The molecule has 7 heteroatoms. The lowest BCUT2D eigenvalue weighted by Crippen LogP contribution is -2.08. The highest BCUT2D eigenvalue weighted by Gasteiger charge is 2.21. The predicted octanol–water partition coefficient (Wildman–Crippen LogP) is 3.24. The third-order valence-corrected chi connectivity index (χ3v) is 4.71. The summed E-state index contributed by atoms with van der Waals surface area (Å²) in [7, 11) is 0. The molecule has 0 saturated heterocycles. The number of rotatable bonds is 4. The van der Waals surface area contributed by atoms with Crippen LogP contribution in [-0.4, -0.2) is 25.2 Å². The minimum atomic E-state index is 0.482. The minimum absolute atomic E-state index is 0.482. The van der Waals surface area contributed by atoms with E-state index in [9.17, 15) is 0 Å². The highest BCUT2D eigenvalue weighted by atomic mass is 79.9. The molecule has 0 bridgehead atoms. The van der Waals surface area contributed by atoms with Gasteiger partial charge in [0.05, 0.1) is 11.7 Å². The summed E-state index contributed by atoms with van der Waals surface area (Å²) in [6.07, 6.45) is 6.76. The number of aromatic nitrogens is 5. The summed E-state index contributed by atoms with van der Waals surface area (Å²) < 4.78 is 2.98. The van der Waals surface area contributed by atoms with Crippen LogP contribution in [-0.2, 0) is 5.75 Å². The fourth-order valence-corrected chi connectivity index (χ4v) is 3.38. The molecule has 0 unspecified atom stereocenters. The smallest absolute Gasteiger partial charge is 0.209 e. The quantitative estimate of drug-likeness (QED) is 0.800. The van der Waals surface area contributed by atoms with Crippen LogP contribution in [0.5, 0.6) is 0 Å². The van der Waals surface area contributed by atoms with Gasteiger partial charge in [-0.15, -0.1) is 5.10 Å². The number of hydrogen-bond acceptors (Lipinski definition) is 5. The minimum Gasteiger partial charge on any atom is -0.259 e. The molecule has 2 aromatic rings. The Bertz CT molecular complexity index is 535. The number of tetrazole rings is 1. The molecule has 0 N–H and O–H groups in total. The first-order valence-corrected chi connectivity index (χ1v) is 8.12. The normalized spacial score (nSPS) is 16.1. The Morgan fingerprint density at radius 2 is 2.16 bits per heavy atom. The van der Waals surface area contributed by atoms with E-state index >= 15 is 0 Å². The summed E-state index contributed by atoms with van der Waals surface area (Å²) in [5.74, 6) is 0.792. The van der Waals surface area contributed by atoms with Crippen LogP contribution < -0.4 is 0 Å². The monoisotopic (exact) mass is 339 g/mol. The zero-order valence-electron chi connectivity index (χ0n) is 10.4. The highest BCUT2D eigenvalue weighted by molar-refractivity contribution is 9.10. The summed E-state index contributed by atoms with van der Waals surface area (Å²) in [5.41, 5.74) is 1.04. The van der Waals surface area contributed by atoms with Gasteiger partial charge in [-0.2, -0.15) is 0 Å². The second kappa shape index (κ2) is 6.00. The number of thioether (sulfide) groups is 1. The van der Waals surface area contributed by atoms with Crippen molar-refractivity contribution in [3.63, 3.8) is 0 Å². The average molecular weight is 340 g/mol. The van der Waals surface area contributed by atoms with E-state index in [2.05, 4.69) is 36.4 Å². The van der Waals surface area contributed by atoms with Crippen molar-refractivity contribution in [2.24, 2.45) is 0 Å². The van der Waals surface area contributed by atoms with Gasteiger partial charge in [-0.1, -0.05) is 24.6 Å². The van der Waals surface area contributed by atoms with E-state index < -0.39 is 0 Å². The lowest BCUT2D eigenvalue weighted by atomic mass is 10.3. The van der Waals surface area contributed by atoms with Gasteiger partial charge in [-0.05, 0) is 51.3 Å². The van der Waals surface area contributed by atoms with Gasteiger partial charge < -0.3 is 0 Å². The largest absolute Gasteiger partial charge is 0.259 e. The van der Waals surface area contributed by atoms with E-state index in [1.54, 1.807) is 11.8 Å². The Hall–Kier alpha value is -0.950. The summed E-state index contributed by atoms with van der Waals surface area (Å²) in [4.78, 5) is 4.36. The Labute approximate surface area is 124 Å². The Kier molecular flexibility index (Phi) is 4.12. The van der Waals surface area contributed by atoms with Crippen LogP contribution >= 0.6 is 27.7 Å². The molecule has 19 heavy (non-hydrogen) atoms. The fourth-order valence-electron chi connectivity index (χ4n) is 2.29. The zero-order valence-corrected chi connectivity index (χ0v) is 12.8. The van der Waals surface area contributed by atoms with Gasteiger partial charge in [0.25, 0.3) is 0 Å². The molecule has 0 amide bonds. The van der Waals surface area contributed by atoms with Crippen molar-refractivity contribution in [3.05, 3.63) is 28.5 Å². The lowest BCUT2D eigenvalue weighted by molar-refractivity contribution is 0.423. The Morgan fingerprint density at radius 3 is 2.89 bits per heavy atom. The lowest BCUT2D eigenvalue weighted by Gasteiger charge is -2.10. The van der Waals surface area contributed by atoms with Crippen molar-refractivity contribution in [2.45, 2.75) is 42.6 Å². The second-order valence-electron chi connectivity index (χ2n) is 4.60. The van der Waals surface area contributed by atoms with Crippen molar-refractivity contribution >= 4 is 27.7 Å². The molecule has 1 fully saturated rings. The number of halogens is 1. The average Bonchev–Trinajstić information content (AvgIpc) is 3.08. The van der Waals surface area contributed by atoms with Gasteiger partial charge >= 0.3 is 0 Å². The van der Waals surface area contributed by atoms with E-state index in [0.29, 0.717) is 6.04 Å². The van der Waals surface area contributed by atoms with E-state index in [4.69, 9.17) is 0 Å². The molecule has 1 aliphatic rings. The van der Waals surface area contributed by atoms with E-state index in [0.717, 1.165) is 21.1 Å². The maximum atomic E-state index is 4.36. The van der Waals surface area contributed by atoms with Crippen LogP contribution in [0.1, 0.15) is 37.4 Å². The maximum Gasteiger partial charge on any atom is 0.209 e. The van der Waals surface area contributed by atoms with E-state index in [1.165, 1.54) is 25.7 Å². The van der Waals surface area contributed by atoms with Crippen molar-refractivity contribution in [1.29, 1.82) is 0 Å². The summed E-state index contributed by atoms with van der Waals surface area (Å²) in [6.45, 7) is 0. The SMILES string of the molecule is Brc1ccc(CSc2nnnn2C2CCCC2)nc1. The molecule has 2 heterocycles. The van der Waals surface area contributed by atoms with Crippen LogP contribution in [0.15, 0.2) is 28.0 Å². The topological polar surface area (TPSA) is 56.5 Å². The third kappa shape index (κ3) is 3.14. The van der Waals surface area contributed by atoms with Crippen molar-refractivity contribution in [2.75, 3.05) is 0 Å². The van der Waals surface area contributed by atoms with Gasteiger partial charge in [-0.25, -0.2) is 4.68 Å². The summed E-state index contributed by atoms with van der Waals surface area (Å²) in [6, 6.07) is 4.50. The molecule has 1 aliphatic carbocycles. The molecule has 0 atom stereocenters. The Morgan fingerprint density at radius 1 is 1.32 bits per heavy atom. The van der Waals surface area contributed by atoms with Gasteiger partial charge in [-0.3, -0.25) is 4.98 Å². The van der Waals surface area contributed by atoms with Gasteiger partial charge in [0.1, 0.15) is 0 Å². The molecule has 0 aromatic carbocycles. The molecular weight excluding hydrogens is 326 g/mol. The molecule has 0 radical (unpaired) electrons. The molecule has 1 saturated carbocycles. The fraction of sp³-hybridized carbons (Fsp3) is 0.500. The molecule has 5 nitrogen and oxygen atoms in total.